The van der Waals surface area contributed by atoms with Crippen LogP contribution in [0.1, 0.15) is 28.8 Å². The lowest BCUT2D eigenvalue weighted by Crippen LogP contribution is -2.43. The van der Waals surface area contributed by atoms with Gasteiger partial charge in [0.05, 0.1) is 0 Å². The Morgan fingerprint density at radius 2 is 1.65 bits per heavy atom. The normalized spacial score (nSPS) is 14.9. The van der Waals surface area contributed by atoms with Gasteiger partial charge in [0, 0.05) is 43.2 Å². The highest BCUT2D eigenvalue weighted by molar-refractivity contribution is 6.30. The molecule has 1 aliphatic rings. The Kier molecular flexibility index (Phi) is 5.94. The minimum absolute atomic E-state index is 0.00482. The second-order valence-electron chi connectivity index (χ2n) is 6.75. The van der Waals surface area contributed by atoms with E-state index < -0.39 is 0 Å². The third kappa shape index (κ3) is 4.44. The molecule has 2 aromatic carbocycles. The molecule has 0 radical (unpaired) electrons. The number of rotatable bonds is 4. The number of carbonyl (C=O) groups is 2. The van der Waals surface area contributed by atoms with Gasteiger partial charge in [-0.1, -0.05) is 41.9 Å². The molecule has 1 saturated heterocycles. The molecular weight excluding hydrogens is 348 g/mol. The van der Waals surface area contributed by atoms with E-state index in [9.17, 15) is 9.59 Å². The molecule has 0 saturated carbocycles. The average Bonchev–Trinajstić information content (AvgIpc) is 2.68. The molecular formula is C21H23ClN2O2. The lowest BCUT2D eigenvalue weighted by molar-refractivity contribution is -0.136. The molecule has 0 aliphatic carbocycles. The zero-order chi connectivity index (χ0) is 18.5. The maximum atomic E-state index is 12.7. The van der Waals surface area contributed by atoms with Crippen LogP contribution in [0.2, 0.25) is 5.02 Å². The maximum absolute atomic E-state index is 12.7. The molecule has 5 heteroatoms. The smallest absolute Gasteiger partial charge is 0.253 e. The first-order chi connectivity index (χ1) is 12.5. The minimum Gasteiger partial charge on any atom is -0.341 e. The van der Waals surface area contributed by atoms with Crippen molar-refractivity contribution in [2.75, 3.05) is 20.1 Å². The van der Waals surface area contributed by atoms with Crippen LogP contribution < -0.4 is 0 Å². The largest absolute Gasteiger partial charge is 0.341 e. The van der Waals surface area contributed by atoms with E-state index in [4.69, 9.17) is 11.6 Å². The highest BCUT2D eigenvalue weighted by Crippen LogP contribution is 2.22. The Hall–Kier alpha value is -2.33. The molecule has 2 amide bonds. The van der Waals surface area contributed by atoms with E-state index in [-0.39, 0.29) is 17.7 Å². The van der Waals surface area contributed by atoms with E-state index in [1.807, 2.05) is 42.3 Å². The number of hydrogen-bond acceptors (Lipinski definition) is 2. The summed E-state index contributed by atoms with van der Waals surface area (Å²) in [6.45, 7) is 1.83. The summed E-state index contributed by atoms with van der Waals surface area (Å²) in [6.07, 6.45) is 1.41. The zero-order valence-electron chi connectivity index (χ0n) is 14.9. The summed E-state index contributed by atoms with van der Waals surface area (Å²) in [5.74, 6) is 0.149. The summed E-state index contributed by atoms with van der Waals surface area (Å²) in [6, 6.07) is 16.9. The summed E-state index contributed by atoms with van der Waals surface area (Å²) in [7, 11) is 1.85. The van der Waals surface area contributed by atoms with Crippen molar-refractivity contribution < 1.29 is 9.59 Å². The number of halogens is 1. The Bertz CT molecular complexity index is 753. The number of benzene rings is 2. The number of carbonyl (C=O) groups excluding carboxylic acids is 2. The molecule has 0 bridgehead atoms. The first-order valence-corrected chi connectivity index (χ1v) is 9.26. The Balaban J connectivity index is 1.53. The highest BCUT2D eigenvalue weighted by atomic mass is 35.5. The molecule has 3 rings (SSSR count). The summed E-state index contributed by atoms with van der Waals surface area (Å²) in [4.78, 5) is 28.9. The lowest BCUT2D eigenvalue weighted by Gasteiger charge is -2.33. The number of hydrogen-bond donors (Lipinski definition) is 0. The van der Waals surface area contributed by atoms with Crippen molar-refractivity contribution in [3.8, 4) is 0 Å². The Morgan fingerprint density at radius 1 is 1.04 bits per heavy atom. The molecule has 1 aliphatic heterocycles. The van der Waals surface area contributed by atoms with Crippen LogP contribution in [-0.2, 0) is 11.3 Å². The van der Waals surface area contributed by atoms with Crippen molar-refractivity contribution in [2.24, 2.45) is 5.92 Å². The number of piperidine rings is 1. The van der Waals surface area contributed by atoms with E-state index in [0.717, 1.165) is 5.56 Å². The van der Waals surface area contributed by atoms with E-state index in [1.165, 1.54) is 0 Å². The van der Waals surface area contributed by atoms with E-state index >= 15 is 0 Å². The fourth-order valence-electron chi connectivity index (χ4n) is 3.35. The first kappa shape index (κ1) is 18.5. The van der Waals surface area contributed by atoms with Crippen LogP contribution in [0.25, 0.3) is 0 Å². The second kappa shape index (κ2) is 8.37. The SMILES string of the molecule is CN(Cc1ccccc1)C(=O)C1CCN(C(=O)c2ccc(Cl)cc2)CC1. The molecule has 1 fully saturated rings. The fraction of sp³-hybridized carbons (Fsp3) is 0.333. The van der Waals surface area contributed by atoms with Gasteiger partial charge in [0.2, 0.25) is 5.91 Å². The van der Waals surface area contributed by atoms with Crippen molar-refractivity contribution >= 4 is 23.4 Å². The number of likely N-dealkylation sites (tertiary alicyclic amines) is 1. The molecule has 0 N–H and O–H groups in total. The first-order valence-electron chi connectivity index (χ1n) is 8.88. The lowest BCUT2D eigenvalue weighted by atomic mass is 9.94. The molecule has 0 spiro atoms. The quantitative estimate of drug-likeness (QED) is 0.820. The van der Waals surface area contributed by atoms with Crippen LogP contribution in [0.4, 0.5) is 0 Å². The topological polar surface area (TPSA) is 40.6 Å². The molecule has 136 valence electrons. The molecule has 4 nitrogen and oxygen atoms in total. The Labute approximate surface area is 159 Å². The standard InChI is InChI=1S/C21H23ClN2O2/c1-23(15-16-5-3-2-4-6-16)20(25)18-11-13-24(14-12-18)21(26)17-7-9-19(22)10-8-17/h2-10,18H,11-15H2,1H3. The van der Waals surface area contributed by atoms with Gasteiger partial charge in [-0.15, -0.1) is 0 Å². The van der Waals surface area contributed by atoms with Gasteiger partial charge in [-0.05, 0) is 42.7 Å². The van der Waals surface area contributed by atoms with Gasteiger partial charge in [-0.2, -0.15) is 0 Å². The molecule has 26 heavy (non-hydrogen) atoms. The van der Waals surface area contributed by atoms with Crippen LogP contribution >= 0.6 is 11.6 Å². The van der Waals surface area contributed by atoms with Crippen molar-refractivity contribution in [3.05, 3.63) is 70.7 Å². The molecule has 0 atom stereocenters. The third-order valence-electron chi connectivity index (χ3n) is 4.86. The number of nitrogens with zero attached hydrogens (tertiary/aromatic N) is 2. The third-order valence-corrected chi connectivity index (χ3v) is 5.11. The maximum Gasteiger partial charge on any atom is 0.253 e. The summed E-state index contributed by atoms with van der Waals surface area (Å²) in [5.41, 5.74) is 1.76. The molecule has 0 aromatic heterocycles. The summed E-state index contributed by atoms with van der Waals surface area (Å²) < 4.78 is 0. The van der Waals surface area contributed by atoms with Gasteiger partial charge >= 0.3 is 0 Å². The van der Waals surface area contributed by atoms with Crippen molar-refractivity contribution in [1.82, 2.24) is 9.80 Å². The van der Waals surface area contributed by atoms with E-state index in [0.29, 0.717) is 43.1 Å². The van der Waals surface area contributed by atoms with Crippen LogP contribution in [0.15, 0.2) is 54.6 Å². The summed E-state index contributed by atoms with van der Waals surface area (Å²) in [5, 5.41) is 0.618. The van der Waals surface area contributed by atoms with Gasteiger partial charge in [0.1, 0.15) is 0 Å². The highest BCUT2D eigenvalue weighted by Gasteiger charge is 2.29. The predicted octanol–water partition coefficient (Wildman–Crippen LogP) is 3.85. The molecule has 1 heterocycles. The van der Waals surface area contributed by atoms with Crippen LogP contribution in [-0.4, -0.2) is 41.8 Å². The van der Waals surface area contributed by atoms with Crippen molar-refractivity contribution in [2.45, 2.75) is 19.4 Å². The van der Waals surface area contributed by atoms with Gasteiger partial charge in [-0.25, -0.2) is 0 Å². The van der Waals surface area contributed by atoms with Crippen LogP contribution in [0, 0.1) is 5.92 Å². The Morgan fingerprint density at radius 3 is 2.27 bits per heavy atom. The van der Waals surface area contributed by atoms with Crippen LogP contribution in [0.3, 0.4) is 0 Å². The van der Waals surface area contributed by atoms with Crippen molar-refractivity contribution in [3.63, 3.8) is 0 Å². The van der Waals surface area contributed by atoms with Gasteiger partial charge < -0.3 is 9.80 Å². The van der Waals surface area contributed by atoms with E-state index in [1.54, 1.807) is 29.2 Å². The van der Waals surface area contributed by atoms with Crippen LogP contribution in [0.5, 0.6) is 0 Å². The number of amides is 2. The van der Waals surface area contributed by atoms with Gasteiger partial charge in [0.15, 0.2) is 0 Å². The zero-order valence-corrected chi connectivity index (χ0v) is 15.7. The monoisotopic (exact) mass is 370 g/mol. The molecule has 0 unspecified atom stereocenters. The molecule has 2 aromatic rings. The van der Waals surface area contributed by atoms with Gasteiger partial charge in [0.25, 0.3) is 5.91 Å². The summed E-state index contributed by atoms with van der Waals surface area (Å²) >= 11 is 5.88. The van der Waals surface area contributed by atoms with Gasteiger partial charge in [-0.3, -0.25) is 9.59 Å². The predicted molar refractivity (Wildman–Crippen MR) is 103 cm³/mol. The fourth-order valence-corrected chi connectivity index (χ4v) is 3.48. The van der Waals surface area contributed by atoms with Crippen molar-refractivity contribution in [1.29, 1.82) is 0 Å². The average molecular weight is 371 g/mol. The minimum atomic E-state index is -0.0158. The van der Waals surface area contributed by atoms with E-state index in [2.05, 4.69) is 0 Å². The second-order valence-corrected chi connectivity index (χ2v) is 7.19.